The molecule has 4 heteroatoms. The van der Waals surface area contributed by atoms with Crippen LogP contribution in [0.15, 0.2) is 0 Å². The van der Waals surface area contributed by atoms with Gasteiger partial charge < -0.3 is 15.5 Å². The average molecular weight is 199 g/mol. The molecule has 2 amide bonds. The summed E-state index contributed by atoms with van der Waals surface area (Å²) in [7, 11) is 1.88. The van der Waals surface area contributed by atoms with Crippen molar-refractivity contribution in [2.24, 2.45) is 11.7 Å². The van der Waals surface area contributed by atoms with Gasteiger partial charge in [-0.15, -0.1) is 0 Å². The largest absolute Gasteiger partial charge is 0.330 e. The number of hydrogen-bond donors (Lipinski definition) is 1. The first-order valence-electron chi connectivity index (χ1n) is 5.31. The molecule has 0 bridgehead atoms. The maximum Gasteiger partial charge on any atom is 0.320 e. The van der Waals surface area contributed by atoms with Gasteiger partial charge in [-0.05, 0) is 18.9 Å². The predicted octanol–water partition coefficient (Wildman–Crippen LogP) is 0.727. The summed E-state index contributed by atoms with van der Waals surface area (Å²) in [6, 6.07) is 0.532. The Bertz CT molecular complexity index is 206. The van der Waals surface area contributed by atoms with Crippen molar-refractivity contribution in [2.75, 3.05) is 26.7 Å². The summed E-state index contributed by atoms with van der Waals surface area (Å²) < 4.78 is 0. The van der Waals surface area contributed by atoms with Crippen LogP contribution < -0.4 is 5.73 Å². The second-order valence-electron chi connectivity index (χ2n) is 4.20. The van der Waals surface area contributed by atoms with E-state index in [2.05, 4.69) is 13.8 Å². The maximum atomic E-state index is 11.7. The zero-order valence-electron chi connectivity index (χ0n) is 9.36. The van der Waals surface area contributed by atoms with Crippen LogP contribution in [0.1, 0.15) is 20.3 Å². The monoisotopic (exact) mass is 199 g/mol. The first-order valence-corrected chi connectivity index (χ1v) is 5.31. The predicted molar refractivity (Wildman–Crippen MR) is 57.0 cm³/mol. The summed E-state index contributed by atoms with van der Waals surface area (Å²) in [5, 5.41) is 0. The van der Waals surface area contributed by atoms with Crippen LogP contribution >= 0.6 is 0 Å². The molecule has 0 aliphatic carbocycles. The van der Waals surface area contributed by atoms with E-state index < -0.39 is 0 Å². The summed E-state index contributed by atoms with van der Waals surface area (Å²) in [5.41, 5.74) is 5.55. The van der Waals surface area contributed by atoms with Gasteiger partial charge in [0.1, 0.15) is 0 Å². The van der Waals surface area contributed by atoms with Crippen LogP contribution in [0.2, 0.25) is 0 Å². The Morgan fingerprint density at radius 3 is 2.71 bits per heavy atom. The van der Waals surface area contributed by atoms with Crippen molar-refractivity contribution in [1.82, 2.24) is 9.80 Å². The van der Waals surface area contributed by atoms with Crippen molar-refractivity contribution in [1.29, 1.82) is 0 Å². The zero-order chi connectivity index (χ0) is 10.7. The highest BCUT2D eigenvalue weighted by Crippen LogP contribution is 2.17. The van der Waals surface area contributed by atoms with Gasteiger partial charge in [0.25, 0.3) is 0 Å². The highest BCUT2D eigenvalue weighted by atomic mass is 16.2. The van der Waals surface area contributed by atoms with E-state index in [0.717, 1.165) is 19.5 Å². The van der Waals surface area contributed by atoms with Gasteiger partial charge in [0, 0.05) is 20.1 Å². The standard InChI is InChI=1S/C10H21N3O/c1-4-9-7-13(6-8(2)5-11)10(14)12(9)3/h8-9H,4-7,11H2,1-3H3. The maximum absolute atomic E-state index is 11.7. The summed E-state index contributed by atoms with van der Waals surface area (Å²) in [4.78, 5) is 15.5. The van der Waals surface area contributed by atoms with E-state index in [-0.39, 0.29) is 6.03 Å². The topological polar surface area (TPSA) is 49.6 Å². The van der Waals surface area contributed by atoms with Crippen molar-refractivity contribution >= 4 is 6.03 Å². The molecule has 1 aliphatic heterocycles. The second kappa shape index (κ2) is 4.64. The summed E-state index contributed by atoms with van der Waals surface area (Å²) >= 11 is 0. The van der Waals surface area contributed by atoms with Crippen LogP contribution in [0.25, 0.3) is 0 Å². The molecule has 1 aliphatic rings. The fourth-order valence-electron chi connectivity index (χ4n) is 1.84. The Hall–Kier alpha value is -0.770. The number of nitrogens with zero attached hydrogens (tertiary/aromatic N) is 2. The molecule has 2 unspecified atom stereocenters. The van der Waals surface area contributed by atoms with E-state index in [4.69, 9.17) is 5.73 Å². The third kappa shape index (κ3) is 2.18. The molecule has 14 heavy (non-hydrogen) atoms. The number of carbonyl (C=O) groups is 1. The van der Waals surface area contributed by atoms with Crippen molar-refractivity contribution < 1.29 is 4.79 Å². The van der Waals surface area contributed by atoms with Gasteiger partial charge in [0.2, 0.25) is 0 Å². The van der Waals surface area contributed by atoms with Gasteiger partial charge in [-0.25, -0.2) is 4.79 Å². The molecular formula is C10H21N3O. The van der Waals surface area contributed by atoms with Crippen molar-refractivity contribution in [3.05, 3.63) is 0 Å². The number of carbonyl (C=O) groups excluding carboxylic acids is 1. The van der Waals surface area contributed by atoms with E-state index in [1.54, 1.807) is 0 Å². The van der Waals surface area contributed by atoms with Crippen LogP contribution in [0.3, 0.4) is 0 Å². The van der Waals surface area contributed by atoms with E-state index in [9.17, 15) is 4.79 Å². The molecule has 0 aromatic carbocycles. The lowest BCUT2D eigenvalue weighted by Gasteiger charge is -2.19. The zero-order valence-corrected chi connectivity index (χ0v) is 9.36. The lowest BCUT2D eigenvalue weighted by Crippen LogP contribution is -2.35. The molecule has 0 radical (unpaired) electrons. The highest BCUT2D eigenvalue weighted by Gasteiger charge is 2.33. The van der Waals surface area contributed by atoms with E-state index in [1.165, 1.54) is 0 Å². The minimum Gasteiger partial charge on any atom is -0.330 e. The third-order valence-corrected chi connectivity index (χ3v) is 2.96. The molecule has 0 saturated carbocycles. The van der Waals surface area contributed by atoms with Crippen LogP contribution in [0.5, 0.6) is 0 Å². The van der Waals surface area contributed by atoms with Crippen LogP contribution in [-0.4, -0.2) is 48.6 Å². The molecule has 1 fully saturated rings. The molecular weight excluding hydrogens is 178 g/mol. The lowest BCUT2D eigenvalue weighted by molar-refractivity contribution is 0.191. The highest BCUT2D eigenvalue weighted by molar-refractivity contribution is 5.76. The first kappa shape index (κ1) is 11.3. The molecule has 2 N–H and O–H groups in total. The fraction of sp³-hybridized carbons (Fsp3) is 0.900. The molecule has 1 rings (SSSR count). The van der Waals surface area contributed by atoms with Crippen molar-refractivity contribution in [3.63, 3.8) is 0 Å². The number of amides is 2. The average Bonchev–Trinajstić information content (AvgIpc) is 2.45. The van der Waals surface area contributed by atoms with Gasteiger partial charge >= 0.3 is 6.03 Å². The third-order valence-electron chi connectivity index (χ3n) is 2.96. The second-order valence-corrected chi connectivity index (χ2v) is 4.20. The molecule has 4 nitrogen and oxygen atoms in total. The first-order chi connectivity index (χ1) is 6.60. The number of rotatable bonds is 4. The van der Waals surface area contributed by atoms with Gasteiger partial charge in [-0.3, -0.25) is 0 Å². The number of nitrogens with two attached hydrogens (primary N) is 1. The minimum atomic E-state index is 0.150. The number of hydrogen-bond acceptors (Lipinski definition) is 2. The molecule has 1 saturated heterocycles. The van der Waals surface area contributed by atoms with Gasteiger partial charge in [0.05, 0.1) is 6.04 Å². The minimum absolute atomic E-state index is 0.150. The Labute approximate surface area is 86.0 Å². The summed E-state index contributed by atoms with van der Waals surface area (Å²) in [6.45, 7) is 6.48. The molecule has 0 aromatic rings. The molecule has 2 atom stereocenters. The summed E-state index contributed by atoms with van der Waals surface area (Å²) in [6.07, 6.45) is 1.02. The van der Waals surface area contributed by atoms with Gasteiger partial charge in [-0.1, -0.05) is 13.8 Å². The Kier molecular flexibility index (Phi) is 3.75. The van der Waals surface area contributed by atoms with E-state index >= 15 is 0 Å². The normalized spacial score (nSPS) is 24.6. The fourth-order valence-corrected chi connectivity index (χ4v) is 1.84. The SMILES string of the molecule is CCC1CN(CC(C)CN)C(=O)N1C. The van der Waals surface area contributed by atoms with E-state index in [0.29, 0.717) is 18.5 Å². The molecule has 82 valence electrons. The molecule has 0 spiro atoms. The number of urea groups is 1. The smallest absolute Gasteiger partial charge is 0.320 e. The quantitative estimate of drug-likeness (QED) is 0.725. The van der Waals surface area contributed by atoms with Crippen molar-refractivity contribution in [2.45, 2.75) is 26.3 Å². The Balaban J connectivity index is 2.52. The molecule has 1 heterocycles. The summed E-state index contributed by atoms with van der Waals surface area (Å²) in [5.74, 6) is 0.392. The Morgan fingerprint density at radius 2 is 2.29 bits per heavy atom. The van der Waals surface area contributed by atoms with Gasteiger partial charge in [0.15, 0.2) is 0 Å². The Morgan fingerprint density at radius 1 is 1.64 bits per heavy atom. The van der Waals surface area contributed by atoms with Crippen molar-refractivity contribution in [3.8, 4) is 0 Å². The van der Waals surface area contributed by atoms with E-state index in [1.807, 2.05) is 16.8 Å². The molecule has 0 aromatic heterocycles. The lowest BCUT2D eigenvalue weighted by atomic mass is 10.1. The van der Waals surface area contributed by atoms with Gasteiger partial charge in [-0.2, -0.15) is 0 Å². The van der Waals surface area contributed by atoms with Crippen LogP contribution in [0.4, 0.5) is 4.79 Å². The number of likely N-dealkylation sites (N-methyl/N-ethyl adjacent to an activating group) is 1. The van der Waals surface area contributed by atoms with Crippen LogP contribution in [-0.2, 0) is 0 Å². The van der Waals surface area contributed by atoms with Crippen LogP contribution in [0, 0.1) is 5.92 Å².